The Kier molecular flexibility index (Phi) is 3.86. The van der Waals surface area contributed by atoms with Gasteiger partial charge in [-0.1, -0.05) is 18.2 Å². The Morgan fingerprint density at radius 2 is 2.05 bits per heavy atom. The molecule has 1 N–H and O–H groups in total. The zero-order valence-corrected chi connectivity index (χ0v) is 11.9. The summed E-state index contributed by atoms with van der Waals surface area (Å²) in [6.45, 7) is 0. The van der Waals surface area contributed by atoms with E-state index in [0.717, 1.165) is 30.7 Å². The minimum absolute atomic E-state index is 0.214. The van der Waals surface area contributed by atoms with E-state index in [1.807, 2.05) is 0 Å². The van der Waals surface area contributed by atoms with Gasteiger partial charge in [0.25, 0.3) is 0 Å². The lowest BCUT2D eigenvalue weighted by molar-refractivity contribution is -0.139. The minimum Gasteiger partial charge on any atom is -0.335 e. The topological polar surface area (TPSA) is 24.4 Å². The average Bonchev–Trinajstić information content (AvgIpc) is 2.87. The molecule has 0 aromatic heterocycles. The highest BCUT2D eigenvalue weighted by Gasteiger charge is 2.35. The Morgan fingerprint density at radius 3 is 2.81 bits per heavy atom. The minimum atomic E-state index is -4.69. The van der Waals surface area contributed by atoms with Crippen molar-refractivity contribution in [3.05, 3.63) is 29.6 Å². The summed E-state index contributed by atoms with van der Waals surface area (Å²) in [7, 11) is 0. The van der Waals surface area contributed by atoms with Crippen molar-refractivity contribution in [1.29, 1.82) is 0 Å². The van der Waals surface area contributed by atoms with Crippen molar-refractivity contribution in [3.8, 4) is 0 Å². The monoisotopic (exact) mass is 318 g/mol. The molecule has 2 unspecified atom stereocenters. The molecule has 1 aliphatic heterocycles. The van der Waals surface area contributed by atoms with Gasteiger partial charge in [-0.25, -0.2) is 4.39 Å². The van der Waals surface area contributed by atoms with E-state index in [0.29, 0.717) is 11.1 Å². The number of aliphatic imine (C=N–C) groups is 1. The number of rotatable bonds is 1. The molecule has 114 valence electrons. The van der Waals surface area contributed by atoms with E-state index >= 15 is 0 Å². The summed E-state index contributed by atoms with van der Waals surface area (Å²) in [5.41, 5.74) is -1.04. The standard InChI is InChI=1S/C14H14F4N2S/c15-11-5-4-9(6-10(11)14(16,17)18)19-13-20-12-3-1-2-8(12)7-21-13/h4-6,8,12H,1-3,7H2,(H,19,20). The molecule has 1 saturated carbocycles. The summed E-state index contributed by atoms with van der Waals surface area (Å²) < 4.78 is 51.3. The second kappa shape index (κ2) is 5.51. The third-order valence-corrected chi connectivity index (χ3v) is 4.93. The number of nitrogens with zero attached hydrogens (tertiary/aromatic N) is 1. The third kappa shape index (κ3) is 3.17. The van der Waals surface area contributed by atoms with Gasteiger partial charge < -0.3 is 5.32 Å². The lowest BCUT2D eigenvalue weighted by Crippen LogP contribution is -2.25. The van der Waals surface area contributed by atoms with E-state index < -0.39 is 17.6 Å². The quantitative estimate of drug-likeness (QED) is 0.770. The van der Waals surface area contributed by atoms with Gasteiger partial charge in [0.1, 0.15) is 5.82 Å². The lowest BCUT2D eigenvalue weighted by atomic mass is 10.1. The summed E-state index contributed by atoms with van der Waals surface area (Å²) in [5, 5.41) is 3.50. The van der Waals surface area contributed by atoms with Crippen molar-refractivity contribution in [2.45, 2.75) is 31.5 Å². The molecule has 2 nitrogen and oxygen atoms in total. The van der Waals surface area contributed by atoms with Crippen LogP contribution in [-0.4, -0.2) is 17.0 Å². The highest BCUT2D eigenvalue weighted by Crippen LogP contribution is 2.36. The molecule has 7 heteroatoms. The first-order valence-corrected chi connectivity index (χ1v) is 7.76. The van der Waals surface area contributed by atoms with Gasteiger partial charge in [-0.05, 0) is 37.0 Å². The fourth-order valence-corrected chi connectivity index (χ4v) is 3.93. The fraction of sp³-hybridized carbons (Fsp3) is 0.500. The van der Waals surface area contributed by atoms with Crippen LogP contribution in [0.3, 0.4) is 0 Å². The molecule has 2 aliphatic rings. The van der Waals surface area contributed by atoms with Gasteiger partial charge in [0.2, 0.25) is 0 Å². The molecule has 0 bridgehead atoms. The second-order valence-electron chi connectivity index (χ2n) is 5.32. The SMILES string of the molecule is Fc1ccc(NC2=NC3CCCC3CS2)cc1C(F)(F)F. The largest absolute Gasteiger partial charge is 0.419 e. The van der Waals surface area contributed by atoms with Gasteiger partial charge in [-0.2, -0.15) is 13.2 Å². The van der Waals surface area contributed by atoms with Crippen LogP contribution in [0.2, 0.25) is 0 Å². The Labute approximate surface area is 124 Å². The van der Waals surface area contributed by atoms with Crippen LogP contribution in [-0.2, 0) is 6.18 Å². The van der Waals surface area contributed by atoms with Crippen molar-refractivity contribution >= 4 is 22.6 Å². The highest BCUT2D eigenvalue weighted by atomic mass is 32.2. The lowest BCUT2D eigenvalue weighted by Gasteiger charge is -2.23. The van der Waals surface area contributed by atoms with Crippen molar-refractivity contribution in [2.75, 3.05) is 11.1 Å². The summed E-state index contributed by atoms with van der Waals surface area (Å²) in [4.78, 5) is 4.55. The van der Waals surface area contributed by atoms with E-state index in [4.69, 9.17) is 0 Å². The zero-order valence-electron chi connectivity index (χ0n) is 11.1. The van der Waals surface area contributed by atoms with Crippen LogP contribution in [0.25, 0.3) is 0 Å². The Bertz CT molecular complexity index is 571. The van der Waals surface area contributed by atoms with Crippen LogP contribution in [0, 0.1) is 11.7 Å². The Hall–Kier alpha value is -1.24. The number of thioether (sulfide) groups is 1. The summed E-state index contributed by atoms with van der Waals surface area (Å²) in [5.74, 6) is 0.255. The molecule has 1 fully saturated rings. The number of fused-ring (bicyclic) bond motifs is 1. The van der Waals surface area contributed by atoms with E-state index in [-0.39, 0.29) is 11.7 Å². The molecular weight excluding hydrogens is 304 g/mol. The smallest absolute Gasteiger partial charge is 0.335 e. The number of amidine groups is 1. The third-order valence-electron chi connectivity index (χ3n) is 3.86. The first-order chi connectivity index (χ1) is 9.93. The molecule has 1 aliphatic carbocycles. The van der Waals surface area contributed by atoms with Crippen molar-refractivity contribution in [1.82, 2.24) is 0 Å². The number of nitrogens with one attached hydrogen (secondary N) is 1. The normalized spacial score (nSPS) is 25.4. The Morgan fingerprint density at radius 1 is 1.24 bits per heavy atom. The number of anilines is 1. The zero-order chi connectivity index (χ0) is 15.0. The maximum absolute atomic E-state index is 13.2. The van der Waals surface area contributed by atoms with E-state index in [1.165, 1.54) is 24.2 Å². The van der Waals surface area contributed by atoms with Gasteiger partial charge >= 0.3 is 6.18 Å². The molecule has 1 heterocycles. The Balaban J connectivity index is 1.79. The van der Waals surface area contributed by atoms with Gasteiger partial charge in [0.05, 0.1) is 11.6 Å². The fourth-order valence-electron chi connectivity index (χ4n) is 2.77. The van der Waals surface area contributed by atoms with Crippen LogP contribution < -0.4 is 5.32 Å². The summed E-state index contributed by atoms with van der Waals surface area (Å²) in [6, 6.07) is 3.20. The van der Waals surface area contributed by atoms with Gasteiger partial charge in [-0.15, -0.1) is 0 Å². The molecule has 3 rings (SSSR count). The first kappa shape index (κ1) is 14.7. The second-order valence-corrected chi connectivity index (χ2v) is 6.33. The molecule has 0 saturated heterocycles. The van der Waals surface area contributed by atoms with Crippen LogP contribution in [0.5, 0.6) is 0 Å². The van der Waals surface area contributed by atoms with Crippen LogP contribution in [0.1, 0.15) is 24.8 Å². The molecule has 0 amide bonds. The van der Waals surface area contributed by atoms with Gasteiger partial charge in [0.15, 0.2) is 5.17 Å². The molecule has 0 spiro atoms. The molecule has 21 heavy (non-hydrogen) atoms. The first-order valence-electron chi connectivity index (χ1n) is 6.78. The van der Waals surface area contributed by atoms with E-state index in [9.17, 15) is 17.6 Å². The molecule has 1 aromatic carbocycles. The maximum Gasteiger partial charge on any atom is 0.419 e. The number of alkyl halides is 3. The highest BCUT2D eigenvalue weighted by molar-refractivity contribution is 8.14. The molecule has 0 radical (unpaired) electrons. The van der Waals surface area contributed by atoms with Gasteiger partial charge in [-0.3, -0.25) is 4.99 Å². The van der Waals surface area contributed by atoms with E-state index in [1.54, 1.807) is 0 Å². The van der Waals surface area contributed by atoms with E-state index in [2.05, 4.69) is 10.3 Å². The average molecular weight is 318 g/mol. The predicted molar refractivity (Wildman–Crippen MR) is 76.0 cm³/mol. The van der Waals surface area contributed by atoms with Crippen LogP contribution in [0.15, 0.2) is 23.2 Å². The van der Waals surface area contributed by atoms with Crippen LogP contribution >= 0.6 is 11.8 Å². The predicted octanol–water partition coefficient (Wildman–Crippen LogP) is 4.53. The summed E-state index contributed by atoms with van der Waals surface area (Å²) in [6.07, 6.45) is -1.34. The van der Waals surface area contributed by atoms with Crippen LogP contribution in [0.4, 0.5) is 23.2 Å². The molecular formula is C14H14F4N2S. The van der Waals surface area contributed by atoms with Gasteiger partial charge in [0, 0.05) is 11.4 Å². The maximum atomic E-state index is 13.2. The van der Waals surface area contributed by atoms with Crippen molar-refractivity contribution < 1.29 is 17.6 Å². The van der Waals surface area contributed by atoms with Crippen molar-refractivity contribution in [3.63, 3.8) is 0 Å². The number of hydrogen-bond donors (Lipinski definition) is 1. The number of halogens is 4. The molecule has 1 aromatic rings. The molecule has 2 atom stereocenters. The van der Waals surface area contributed by atoms with Crippen molar-refractivity contribution in [2.24, 2.45) is 10.9 Å². The summed E-state index contributed by atoms with van der Waals surface area (Å²) >= 11 is 1.52. The number of benzene rings is 1. The number of hydrogen-bond acceptors (Lipinski definition) is 3.